The van der Waals surface area contributed by atoms with Crippen molar-refractivity contribution >= 4 is 21.7 Å². The third-order valence-corrected chi connectivity index (χ3v) is 2.94. The van der Waals surface area contributed by atoms with E-state index in [4.69, 9.17) is 5.73 Å². The Balaban J connectivity index is 2.65. The van der Waals surface area contributed by atoms with Crippen molar-refractivity contribution < 1.29 is 13.2 Å². The minimum absolute atomic E-state index is 0.0586. The molecule has 2 N–H and O–H groups in total. The van der Waals surface area contributed by atoms with Crippen LogP contribution in [0.25, 0.3) is 5.69 Å². The fourth-order valence-electron chi connectivity index (χ4n) is 1.53. The number of hydrogen-bond acceptors (Lipinski definition) is 2. The van der Waals surface area contributed by atoms with Crippen molar-refractivity contribution in [3.63, 3.8) is 0 Å². The highest BCUT2D eigenvalue weighted by molar-refractivity contribution is 9.10. The van der Waals surface area contributed by atoms with Crippen LogP contribution in [0.2, 0.25) is 0 Å². The molecule has 2 aromatic rings. The molecule has 0 radical (unpaired) electrons. The lowest BCUT2D eigenvalue weighted by molar-refractivity contribution is -0.137. The van der Waals surface area contributed by atoms with Gasteiger partial charge in [-0.05, 0) is 25.1 Å². The summed E-state index contributed by atoms with van der Waals surface area (Å²) in [7, 11) is 0. The van der Waals surface area contributed by atoms with Gasteiger partial charge < -0.3 is 5.73 Å². The predicted octanol–water partition coefficient (Wildman–Crippen LogP) is 3.54. The summed E-state index contributed by atoms with van der Waals surface area (Å²) < 4.78 is 40.3. The average molecular weight is 320 g/mol. The van der Waals surface area contributed by atoms with Crippen LogP contribution in [0, 0.1) is 6.92 Å². The first-order chi connectivity index (χ1) is 8.29. The molecule has 0 amide bonds. The van der Waals surface area contributed by atoms with Crippen molar-refractivity contribution in [3.05, 3.63) is 40.0 Å². The first kappa shape index (κ1) is 12.9. The van der Waals surface area contributed by atoms with Crippen molar-refractivity contribution in [2.24, 2.45) is 0 Å². The molecule has 7 heteroatoms. The van der Waals surface area contributed by atoms with E-state index in [0.29, 0.717) is 10.0 Å². The van der Waals surface area contributed by atoms with Crippen LogP contribution in [0.15, 0.2) is 28.9 Å². The fourth-order valence-corrected chi connectivity index (χ4v) is 1.88. The monoisotopic (exact) mass is 319 g/mol. The van der Waals surface area contributed by atoms with Gasteiger partial charge in [-0.3, -0.25) is 0 Å². The van der Waals surface area contributed by atoms with E-state index in [-0.39, 0.29) is 11.5 Å². The lowest BCUT2D eigenvalue weighted by Crippen LogP contribution is -2.11. The number of aryl methyl sites for hydroxylation is 1. The van der Waals surface area contributed by atoms with E-state index in [1.807, 2.05) is 0 Å². The zero-order valence-corrected chi connectivity index (χ0v) is 10.9. The van der Waals surface area contributed by atoms with Crippen LogP contribution in [-0.4, -0.2) is 9.78 Å². The lowest BCUT2D eigenvalue weighted by atomic mass is 10.1. The van der Waals surface area contributed by atoms with Crippen LogP contribution in [0.5, 0.6) is 0 Å². The molecule has 0 aliphatic heterocycles. The third-order valence-electron chi connectivity index (χ3n) is 2.45. The quantitative estimate of drug-likeness (QED) is 0.873. The second-order valence-corrected chi connectivity index (χ2v) is 4.72. The van der Waals surface area contributed by atoms with Crippen LogP contribution in [-0.2, 0) is 6.18 Å². The molecular weight excluding hydrogens is 311 g/mol. The van der Waals surface area contributed by atoms with E-state index in [9.17, 15) is 13.2 Å². The van der Waals surface area contributed by atoms with Gasteiger partial charge in [-0.1, -0.05) is 15.9 Å². The molecule has 0 saturated heterocycles. The second kappa shape index (κ2) is 4.31. The first-order valence-corrected chi connectivity index (χ1v) is 5.77. The zero-order chi connectivity index (χ0) is 13.5. The van der Waals surface area contributed by atoms with Gasteiger partial charge in [0.15, 0.2) is 0 Å². The number of anilines is 1. The van der Waals surface area contributed by atoms with Crippen molar-refractivity contribution in [3.8, 4) is 5.69 Å². The summed E-state index contributed by atoms with van der Waals surface area (Å²) >= 11 is 3.15. The van der Waals surface area contributed by atoms with Gasteiger partial charge in [-0.25, -0.2) is 4.68 Å². The van der Waals surface area contributed by atoms with Gasteiger partial charge in [-0.15, -0.1) is 0 Å². The minimum atomic E-state index is -4.44. The number of hydrogen-bond donors (Lipinski definition) is 1. The van der Waals surface area contributed by atoms with Crippen LogP contribution in [0.4, 0.5) is 19.0 Å². The Kier molecular flexibility index (Phi) is 3.10. The molecule has 18 heavy (non-hydrogen) atoms. The lowest BCUT2D eigenvalue weighted by Gasteiger charge is -2.13. The second-order valence-electron chi connectivity index (χ2n) is 3.80. The molecule has 3 nitrogen and oxygen atoms in total. The number of nitrogens with zero attached hydrogens (tertiary/aromatic N) is 2. The summed E-state index contributed by atoms with van der Waals surface area (Å²) in [5, 5.41) is 3.87. The Hall–Kier alpha value is -1.50. The summed E-state index contributed by atoms with van der Waals surface area (Å²) in [5.41, 5.74) is 5.36. The van der Waals surface area contributed by atoms with Crippen molar-refractivity contribution in [1.29, 1.82) is 0 Å². The fraction of sp³-hybridized carbons (Fsp3) is 0.182. The van der Waals surface area contributed by atoms with E-state index in [2.05, 4.69) is 21.0 Å². The highest BCUT2D eigenvalue weighted by Gasteiger charge is 2.34. The van der Waals surface area contributed by atoms with Gasteiger partial charge in [0.2, 0.25) is 0 Å². The molecule has 1 heterocycles. The maximum atomic E-state index is 12.9. The molecule has 1 aromatic heterocycles. The summed E-state index contributed by atoms with van der Waals surface area (Å²) in [6.07, 6.45) is -2.98. The first-order valence-electron chi connectivity index (χ1n) is 4.98. The number of alkyl halides is 3. The number of halogens is 4. The standard InChI is InChI=1S/C11H9BrF3N3/c1-6-5-18(17-10(6)16)9-4-7(12)2-3-8(9)11(13,14)15/h2-5H,1H3,(H2,16,17). The topological polar surface area (TPSA) is 43.8 Å². The number of aromatic nitrogens is 2. The van der Waals surface area contributed by atoms with Crippen molar-refractivity contribution in [1.82, 2.24) is 9.78 Å². The van der Waals surface area contributed by atoms with Crippen LogP contribution in [0.1, 0.15) is 11.1 Å². The Morgan fingerprint density at radius 1 is 1.33 bits per heavy atom. The Labute approximate surface area is 110 Å². The van der Waals surface area contributed by atoms with Gasteiger partial charge in [0.05, 0.1) is 11.3 Å². The van der Waals surface area contributed by atoms with Crippen LogP contribution >= 0.6 is 15.9 Å². The molecule has 0 fully saturated rings. The summed E-state index contributed by atoms with van der Waals surface area (Å²) in [5.74, 6) is 0.211. The number of nitrogen functional groups attached to an aromatic ring is 1. The summed E-state index contributed by atoms with van der Waals surface area (Å²) in [6.45, 7) is 1.68. The molecular formula is C11H9BrF3N3. The van der Waals surface area contributed by atoms with Gasteiger partial charge in [-0.2, -0.15) is 18.3 Å². The largest absolute Gasteiger partial charge is 0.418 e. The van der Waals surface area contributed by atoms with Crippen LogP contribution in [0.3, 0.4) is 0 Å². The highest BCUT2D eigenvalue weighted by atomic mass is 79.9. The van der Waals surface area contributed by atoms with Gasteiger partial charge in [0.1, 0.15) is 5.82 Å². The number of benzene rings is 1. The SMILES string of the molecule is Cc1cn(-c2cc(Br)ccc2C(F)(F)F)nc1N. The van der Waals surface area contributed by atoms with E-state index in [0.717, 1.165) is 10.7 Å². The number of nitrogens with two attached hydrogens (primary N) is 1. The predicted molar refractivity (Wildman–Crippen MR) is 65.4 cm³/mol. The van der Waals surface area contributed by atoms with Gasteiger partial charge in [0.25, 0.3) is 0 Å². The molecule has 0 bridgehead atoms. The number of rotatable bonds is 1. The zero-order valence-electron chi connectivity index (χ0n) is 9.29. The van der Waals surface area contributed by atoms with E-state index in [1.54, 1.807) is 6.92 Å². The molecule has 0 atom stereocenters. The Bertz CT molecular complexity index is 570. The van der Waals surface area contributed by atoms with Crippen molar-refractivity contribution in [2.75, 3.05) is 5.73 Å². The molecule has 0 unspecified atom stereocenters. The van der Waals surface area contributed by atoms with Gasteiger partial charge >= 0.3 is 6.18 Å². The molecule has 1 aromatic carbocycles. The summed E-state index contributed by atoms with van der Waals surface area (Å²) in [4.78, 5) is 0. The van der Waals surface area contributed by atoms with E-state index < -0.39 is 11.7 Å². The molecule has 0 saturated carbocycles. The molecule has 2 rings (SSSR count). The normalized spacial score (nSPS) is 11.8. The molecule has 0 aliphatic carbocycles. The Morgan fingerprint density at radius 2 is 2.00 bits per heavy atom. The van der Waals surface area contributed by atoms with Gasteiger partial charge in [0, 0.05) is 16.2 Å². The summed E-state index contributed by atoms with van der Waals surface area (Å²) in [6, 6.07) is 3.70. The minimum Gasteiger partial charge on any atom is -0.382 e. The van der Waals surface area contributed by atoms with E-state index in [1.165, 1.54) is 18.3 Å². The van der Waals surface area contributed by atoms with Crippen LogP contribution < -0.4 is 5.73 Å². The molecule has 0 spiro atoms. The third kappa shape index (κ3) is 2.35. The maximum Gasteiger partial charge on any atom is 0.418 e. The molecule has 0 aliphatic rings. The average Bonchev–Trinajstić information content (AvgIpc) is 2.57. The maximum absolute atomic E-state index is 12.9. The highest BCUT2D eigenvalue weighted by Crippen LogP contribution is 2.35. The Morgan fingerprint density at radius 3 is 2.50 bits per heavy atom. The smallest absolute Gasteiger partial charge is 0.382 e. The molecule has 96 valence electrons. The van der Waals surface area contributed by atoms with E-state index >= 15 is 0 Å². The van der Waals surface area contributed by atoms with Crippen molar-refractivity contribution in [2.45, 2.75) is 13.1 Å².